The van der Waals surface area contributed by atoms with Crippen LogP contribution in [0.1, 0.15) is 42.5 Å². The maximum absolute atomic E-state index is 11.9. The third-order valence-corrected chi connectivity index (χ3v) is 3.10. The van der Waals surface area contributed by atoms with E-state index in [0.29, 0.717) is 0 Å². The number of carbonyl (C=O) groups excluding carboxylic acids is 1. The summed E-state index contributed by atoms with van der Waals surface area (Å²) in [6.45, 7) is 0. The molecule has 2 rings (SSSR count). The Labute approximate surface area is 105 Å². The highest BCUT2D eigenvalue weighted by molar-refractivity contribution is 5.89. The van der Waals surface area contributed by atoms with E-state index in [2.05, 4.69) is 4.98 Å². The first-order chi connectivity index (χ1) is 8.69. The molecule has 1 aliphatic rings. The fourth-order valence-electron chi connectivity index (χ4n) is 2.15. The molecule has 1 fully saturated rings. The van der Waals surface area contributed by atoms with Gasteiger partial charge in [-0.2, -0.15) is 0 Å². The second-order valence-electron chi connectivity index (χ2n) is 4.47. The first kappa shape index (κ1) is 12.7. The summed E-state index contributed by atoms with van der Waals surface area (Å²) >= 11 is 0. The number of rotatable bonds is 3. The van der Waals surface area contributed by atoms with E-state index in [1.807, 2.05) is 0 Å². The fourth-order valence-corrected chi connectivity index (χ4v) is 2.15. The summed E-state index contributed by atoms with van der Waals surface area (Å²) in [5, 5.41) is 0. The van der Waals surface area contributed by atoms with E-state index in [0.717, 1.165) is 25.7 Å². The molecule has 1 N–H and O–H groups in total. The molecule has 98 valence electrons. The minimum Gasteiger partial charge on any atom is -0.482 e. The van der Waals surface area contributed by atoms with Gasteiger partial charge in [-0.3, -0.25) is 9.78 Å². The van der Waals surface area contributed by atoms with Gasteiger partial charge in [0.05, 0.1) is 12.7 Å². The fraction of sp³-hybridized carbons (Fsp3) is 0.538. The van der Waals surface area contributed by atoms with Crippen molar-refractivity contribution < 1.29 is 14.3 Å². The van der Waals surface area contributed by atoms with Gasteiger partial charge < -0.3 is 9.47 Å². The van der Waals surface area contributed by atoms with Crippen LogP contribution in [0.15, 0.2) is 16.9 Å². The lowest BCUT2D eigenvalue weighted by Gasteiger charge is -2.21. The van der Waals surface area contributed by atoms with Crippen molar-refractivity contribution in [3.05, 3.63) is 28.0 Å². The van der Waals surface area contributed by atoms with Gasteiger partial charge in [-0.1, -0.05) is 6.42 Å². The van der Waals surface area contributed by atoms with Gasteiger partial charge in [-0.15, -0.1) is 0 Å². The highest BCUT2D eigenvalue weighted by Crippen LogP contribution is 2.21. The molecule has 0 unspecified atom stereocenters. The van der Waals surface area contributed by atoms with Gasteiger partial charge in [-0.05, 0) is 25.7 Å². The van der Waals surface area contributed by atoms with E-state index >= 15 is 0 Å². The van der Waals surface area contributed by atoms with Gasteiger partial charge in [-0.25, -0.2) is 4.79 Å². The SMILES string of the molecule is COc1cc(C(=O)OC2CCCCC2)cc(=O)[nH]1. The van der Waals surface area contributed by atoms with Crippen molar-refractivity contribution in [1.82, 2.24) is 4.98 Å². The highest BCUT2D eigenvalue weighted by atomic mass is 16.5. The summed E-state index contributed by atoms with van der Waals surface area (Å²) in [6, 6.07) is 2.71. The van der Waals surface area contributed by atoms with Gasteiger partial charge in [0.1, 0.15) is 6.10 Å². The first-order valence-corrected chi connectivity index (χ1v) is 6.18. The Kier molecular flexibility index (Phi) is 4.02. The van der Waals surface area contributed by atoms with Gasteiger partial charge in [0.25, 0.3) is 5.56 Å². The Morgan fingerprint density at radius 3 is 2.67 bits per heavy atom. The summed E-state index contributed by atoms with van der Waals surface area (Å²) in [5.41, 5.74) is -0.133. The molecule has 18 heavy (non-hydrogen) atoms. The number of aromatic amines is 1. The average molecular weight is 251 g/mol. The maximum atomic E-state index is 11.9. The summed E-state index contributed by atoms with van der Waals surface area (Å²) < 4.78 is 10.3. The van der Waals surface area contributed by atoms with Crippen LogP contribution in [0.4, 0.5) is 0 Å². The number of esters is 1. The van der Waals surface area contributed by atoms with E-state index in [9.17, 15) is 9.59 Å². The molecule has 0 amide bonds. The van der Waals surface area contributed by atoms with Crippen molar-refractivity contribution in [1.29, 1.82) is 0 Å². The second kappa shape index (κ2) is 5.71. The van der Waals surface area contributed by atoms with Crippen LogP contribution in [-0.4, -0.2) is 24.2 Å². The molecular formula is C13H17NO4. The van der Waals surface area contributed by atoms with Gasteiger partial charge in [0.2, 0.25) is 0 Å². The van der Waals surface area contributed by atoms with Crippen molar-refractivity contribution in [2.75, 3.05) is 7.11 Å². The van der Waals surface area contributed by atoms with E-state index in [-0.39, 0.29) is 23.1 Å². The average Bonchev–Trinajstić information content (AvgIpc) is 2.39. The molecular weight excluding hydrogens is 234 g/mol. The van der Waals surface area contributed by atoms with Gasteiger partial charge >= 0.3 is 5.97 Å². The minimum absolute atomic E-state index is 0.0171. The molecule has 1 aromatic heterocycles. The molecule has 1 aliphatic carbocycles. The second-order valence-corrected chi connectivity index (χ2v) is 4.47. The number of aromatic nitrogens is 1. The van der Waals surface area contributed by atoms with Crippen LogP contribution in [0.2, 0.25) is 0 Å². The van der Waals surface area contributed by atoms with Crippen LogP contribution in [-0.2, 0) is 4.74 Å². The summed E-state index contributed by atoms with van der Waals surface area (Å²) in [4.78, 5) is 25.7. The number of hydrogen-bond donors (Lipinski definition) is 1. The number of carbonyl (C=O) groups is 1. The number of pyridine rings is 1. The molecule has 0 atom stereocenters. The van der Waals surface area contributed by atoms with Crippen molar-refractivity contribution in [3.63, 3.8) is 0 Å². The minimum atomic E-state index is -0.452. The molecule has 1 aromatic rings. The molecule has 1 saturated carbocycles. The van der Waals surface area contributed by atoms with Crippen LogP contribution in [0.5, 0.6) is 5.88 Å². The number of H-pyrrole nitrogens is 1. The van der Waals surface area contributed by atoms with Crippen molar-refractivity contribution >= 4 is 5.97 Å². The third kappa shape index (κ3) is 3.12. The van der Waals surface area contributed by atoms with Crippen LogP contribution in [0, 0.1) is 0 Å². The summed E-state index contributed by atoms with van der Waals surface area (Å²) in [7, 11) is 1.43. The molecule has 0 aliphatic heterocycles. The first-order valence-electron chi connectivity index (χ1n) is 6.18. The number of nitrogens with one attached hydrogen (secondary N) is 1. The van der Waals surface area contributed by atoms with Gasteiger partial charge in [0, 0.05) is 12.1 Å². The molecule has 5 nitrogen and oxygen atoms in total. The lowest BCUT2D eigenvalue weighted by molar-refractivity contribution is 0.0210. The van der Waals surface area contributed by atoms with Crippen LogP contribution in [0.25, 0.3) is 0 Å². The van der Waals surface area contributed by atoms with E-state index < -0.39 is 5.97 Å². The topological polar surface area (TPSA) is 68.4 Å². The molecule has 0 saturated heterocycles. The monoisotopic (exact) mass is 251 g/mol. The highest BCUT2D eigenvalue weighted by Gasteiger charge is 2.19. The zero-order valence-electron chi connectivity index (χ0n) is 10.4. The predicted octanol–water partition coefficient (Wildman–Crippen LogP) is 1.87. The third-order valence-electron chi connectivity index (χ3n) is 3.10. The van der Waals surface area contributed by atoms with E-state index in [4.69, 9.17) is 9.47 Å². The quantitative estimate of drug-likeness (QED) is 0.833. The Balaban J connectivity index is 2.08. The normalized spacial score (nSPS) is 16.3. The zero-order valence-corrected chi connectivity index (χ0v) is 10.4. The van der Waals surface area contributed by atoms with Crippen molar-refractivity contribution in [2.24, 2.45) is 0 Å². The Morgan fingerprint density at radius 2 is 2.00 bits per heavy atom. The van der Waals surface area contributed by atoms with Crippen molar-refractivity contribution in [3.8, 4) is 5.88 Å². The largest absolute Gasteiger partial charge is 0.482 e. The van der Waals surface area contributed by atoms with E-state index in [1.54, 1.807) is 0 Å². The lowest BCUT2D eigenvalue weighted by Crippen LogP contribution is -2.22. The number of ether oxygens (including phenoxy) is 2. The van der Waals surface area contributed by atoms with Gasteiger partial charge in [0.15, 0.2) is 5.88 Å². The lowest BCUT2D eigenvalue weighted by atomic mass is 9.98. The number of methoxy groups -OCH3 is 1. The predicted molar refractivity (Wildman–Crippen MR) is 65.9 cm³/mol. The molecule has 0 spiro atoms. The van der Waals surface area contributed by atoms with Crippen LogP contribution >= 0.6 is 0 Å². The molecule has 1 heterocycles. The summed E-state index contributed by atoms with van der Waals surface area (Å²) in [6.07, 6.45) is 5.19. The molecule has 0 aromatic carbocycles. The zero-order chi connectivity index (χ0) is 13.0. The maximum Gasteiger partial charge on any atom is 0.338 e. The summed E-state index contributed by atoms with van der Waals surface area (Å²) in [5.74, 6) is -0.190. The Morgan fingerprint density at radius 1 is 1.28 bits per heavy atom. The Bertz CT molecular complexity index is 474. The molecule has 5 heteroatoms. The van der Waals surface area contributed by atoms with E-state index in [1.165, 1.54) is 25.7 Å². The Hall–Kier alpha value is -1.78. The standard InChI is InChI=1S/C13H17NO4/c1-17-12-8-9(7-11(15)14-12)13(16)18-10-5-3-2-4-6-10/h7-8,10H,2-6H2,1H3,(H,14,15). The smallest absolute Gasteiger partial charge is 0.338 e. The van der Waals surface area contributed by atoms with Crippen LogP contribution in [0.3, 0.4) is 0 Å². The van der Waals surface area contributed by atoms with Crippen LogP contribution < -0.4 is 10.3 Å². The molecule has 0 radical (unpaired) electrons. The molecule has 0 bridgehead atoms. The number of hydrogen-bond acceptors (Lipinski definition) is 4. The van der Waals surface area contributed by atoms with Crippen molar-refractivity contribution in [2.45, 2.75) is 38.2 Å².